The largest absolute Gasteiger partial charge is 0.453 e. The molecule has 1 heterocycles. The van der Waals surface area contributed by atoms with Gasteiger partial charge in [0.1, 0.15) is 5.75 Å². The van der Waals surface area contributed by atoms with Gasteiger partial charge in [-0.2, -0.15) is 0 Å². The second kappa shape index (κ2) is 7.53. The van der Waals surface area contributed by atoms with Gasteiger partial charge in [0, 0.05) is 11.1 Å². The van der Waals surface area contributed by atoms with Gasteiger partial charge in [0.05, 0.1) is 21.2 Å². The van der Waals surface area contributed by atoms with Gasteiger partial charge in [-0.1, -0.05) is 84.6 Å². The Morgan fingerprint density at radius 3 is 2.16 bits per heavy atom. The van der Waals surface area contributed by atoms with Crippen LogP contribution in [0.15, 0.2) is 125 Å². The highest BCUT2D eigenvalue weighted by Crippen LogP contribution is 2.53. The maximum Gasteiger partial charge on any atom is 0.165 e. The SMILES string of the molecule is c1ccc(N(c2cccc3c2Oc2ccccc2S3)c2cccc3ccccc23)cc1. The summed E-state index contributed by atoms with van der Waals surface area (Å²) in [6.07, 6.45) is 0. The van der Waals surface area contributed by atoms with Crippen molar-refractivity contribution in [2.24, 2.45) is 0 Å². The molecule has 5 aromatic rings. The number of anilines is 3. The van der Waals surface area contributed by atoms with Crippen molar-refractivity contribution in [3.63, 3.8) is 0 Å². The minimum Gasteiger partial charge on any atom is -0.453 e. The molecular weight excluding hydrogens is 398 g/mol. The van der Waals surface area contributed by atoms with E-state index in [2.05, 4.69) is 102 Å². The first-order valence-corrected chi connectivity index (χ1v) is 11.1. The Morgan fingerprint density at radius 2 is 1.23 bits per heavy atom. The van der Waals surface area contributed by atoms with E-state index in [1.807, 2.05) is 18.2 Å². The van der Waals surface area contributed by atoms with Crippen molar-refractivity contribution >= 4 is 39.6 Å². The summed E-state index contributed by atoms with van der Waals surface area (Å²) in [6, 6.07) is 40.1. The smallest absolute Gasteiger partial charge is 0.165 e. The Bertz CT molecular complexity index is 1390. The van der Waals surface area contributed by atoms with Crippen LogP contribution in [0.4, 0.5) is 17.1 Å². The molecule has 0 amide bonds. The van der Waals surface area contributed by atoms with Gasteiger partial charge in [-0.25, -0.2) is 0 Å². The Labute approximate surface area is 185 Å². The predicted octanol–water partition coefficient (Wildman–Crippen LogP) is 8.57. The first kappa shape index (κ1) is 18.1. The van der Waals surface area contributed by atoms with E-state index in [4.69, 9.17) is 4.74 Å². The molecule has 0 saturated heterocycles. The molecule has 0 fully saturated rings. The number of ether oxygens (including phenoxy) is 1. The maximum atomic E-state index is 6.48. The fraction of sp³-hybridized carbons (Fsp3) is 0. The third kappa shape index (κ3) is 3.15. The molecule has 0 saturated carbocycles. The molecule has 148 valence electrons. The van der Waals surface area contributed by atoms with Crippen LogP contribution in [0.5, 0.6) is 11.5 Å². The molecule has 0 radical (unpaired) electrons. The highest BCUT2D eigenvalue weighted by molar-refractivity contribution is 7.99. The third-order valence-electron chi connectivity index (χ3n) is 5.50. The highest BCUT2D eigenvalue weighted by atomic mass is 32.2. The molecule has 1 aliphatic heterocycles. The van der Waals surface area contributed by atoms with Crippen molar-refractivity contribution in [2.45, 2.75) is 9.79 Å². The van der Waals surface area contributed by atoms with Gasteiger partial charge < -0.3 is 9.64 Å². The fourth-order valence-corrected chi connectivity index (χ4v) is 5.08. The molecule has 0 aliphatic carbocycles. The summed E-state index contributed by atoms with van der Waals surface area (Å²) >= 11 is 1.76. The van der Waals surface area contributed by atoms with Crippen molar-refractivity contribution in [3.05, 3.63) is 115 Å². The molecule has 0 spiro atoms. The minimum absolute atomic E-state index is 0.892. The molecule has 3 heteroatoms. The van der Waals surface area contributed by atoms with Crippen LogP contribution in [0.1, 0.15) is 0 Å². The molecule has 5 aromatic carbocycles. The topological polar surface area (TPSA) is 12.5 Å². The van der Waals surface area contributed by atoms with E-state index in [0.29, 0.717) is 0 Å². The quantitative estimate of drug-likeness (QED) is 0.286. The lowest BCUT2D eigenvalue weighted by Gasteiger charge is -2.30. The number of para-hydroxylation sites is 3. The average molecular weight is 418 g/mol. The van der Waals surface area contributed by atoms with Crippen LogP contribution < -0.4 is 9.64 Å². The van der Waals surface area contributed by atoms with Crippen LogP contribution in [0.25, 0.3) is 10.8 Å². The summed E-state index contributed by atoms with van der Waals surface area (Å²) in [5.41, 5.74) is 3.26. The summed E-state index contributed by atoms with van der Waals surface area (Å²) in [5.74, 6) is 1.79. The van der Waals surface area contributed by atoms with Gasteiger partial charge in [-0.3, -0.25) is 0 Å². The van der Waals surface area contributed by atoms with Gasteiger partial charge in [-0.15, -0.1) is 0 Å². The molecule has 31 heavy (non-hydrogen) atoms. The fourth-order valence-electron chi connectivity index (χ4n) is 4.10. The normalized spacial score (nSPS) is 12.0. The minimum atomic E-state index is 0.892. The van der Waals surface area contributed by atoms with E-state index >= 15 is 0 Å². The molecule has 2 nitrogen and oxygen atoms in total. The van der Waals surface area contributed by atoms with E-state index < -0.39 is 0 Å². The highest BCUT2D eigenvalue weighted by Gasteiger charge is 2.25. The summed E-state index contributed by atoms with van der Waals surface area (Å²) in [5, 5.41) is 2.42. The lowest BCUT2D eigenvalue weighted by molar-refractivity contribution is 0.456. The van der Waals surface area contributed by atoms with Gasteiger partial charge in [0.2, 0.25) is 0 Å². The molecule has 6 rings (SSSR count). The second-order valence-electron chi connectivity index (χ2n) is 7.42. The molecule has 0 unspecified atom stereocenters. The molecule has 0 bridgehead atoms. The molecule has 0 aromatic heterocycles. The summed E-state index contributed by atoms with van der Waals surface area (Å²) < 4.78 is 6.48. The van der Waals surface area contributed by atoms with Gasteiger partial charge in [0.15, 0.2) is 5.75 Å². The van der Waals surface area contributed by atoms with Crippen LogP contribution in [-0.2, 0) is 0 Å². The zero-order chi connectivity index (χ0) is 20.6. The average Bonchev–Trinajstić information content (AvgIpc) is 2.84. The first-order chi connectivity index (χ1) is 15.4. The Kier molecular flexibility index (Phi) is 4.40. The Morgan fingerprint density at radius 1 is 0.548 bits per heavy atom. The van der Waals surface area contributed by atoms with Crippen LogP contribution >= 0.6 is 11.8 Å². The predicted molar refractivity (Wildman–Crippen MR) is 129 cm³/mol. The zero-order valence-corrected chi connectivity index (χ0v) is 17.5. The Hall–Kier alpha value is -3.69. The lowest BCUT2D eigenvalue weighted by Crippen LogP contribution is -2.12. The van der Waals surface area contributed by atoms with Crippen LogP contribution in [0, 0.1) is 0 Å². The van der Waals surface area contributed by atoms with E-state index in [1.54, 1.807) is 11.8 Å². The van der Waals surface area contributed by atoms with Crippen molar-refractivity contribution in [2.75, 3.05) is 4.90 Å². The monoisotopic (exact) mass is 417 g/mol. The maximum absolute atomic E-state index is 6.48. The summed E-state index contributed by atoms with van der Waals surface area (Å²) in [6.45, 7) is 0. The first-order valence-electron chi connectivity index (χ1n) is 10.3. The van der Waals surface area contributed by atoms with Crippen molar-refractivity contribution < 1.29 is 4.74 Å². The van der Waals surface area contributed by atoms with E-state index in [1.165, 1.54) is 10.8 Å². The van der Waals surface area contributed by atoms with E-state index in [0.717, 1.165) is 38.4 Å². The molecule has 0 atom stereocenters. The van der Waals surface area contributed by atoms with Crippen LogP contribution in [0.3, 0.4) is 0 Å². The summed E-state index contributed by atoms with van der Waals surface area (Å²) in [7, 11) is 0. The van der Waals surface area contributed by atoms with Crippen molar-refractivity contribution in [3.8, 4) is 11.5 Å². The molecular formula is C28H19NOS. The van der Waals surface area contributed by atoms with E-state index in [-0.39, 0.29) is 0 Å². The van der Waals surface area contributed by atoms with E-state index in [9.17, 15) is 0 Å². The number of nitrogens with zero attached hydrogens (tertiary/aromatic N) is 1. The number of fused-ring (bicyclic) bond motifs is 3. The van der Waals surface area contributed by atoms with Gasteiger partial charge >= 0.3 is 0 Å². The second-order valence-corrected chi connectivity index (χ2v) is 8.51. The van der Waals surface area contributed by atoms with Gasteiger partial charge in [0.25, 0.3) is 0 Å². The number of hydrogen-bond acceptors (Lipinski definition) is 3. The number of benzene rings is 5. The number of hydrogen-bond donors (Lipinski definition) is 0. The van der Waals surface area contributed by atoms with Crippen LogP contribution in [0.2, 0.25) is 0 Å². The van der Waals surface area contributed by atoms with Gasteiger partial charge in [-0.05, 0) is 47.9 Å². The third-order valence-corrected chi connectivity index (χ3v) is 6.60. The standard InChI is InChI=1S/C28H19NOS/c1-2-12-21(13-3-1)29(23-15-8-11-20-10-4-5-14-22(20)23)24-16-9-19-27-28(24)30-25-17-6-7-18-26(25)31-27/h1-19H. The number of rotatable bonds is 3. The lowest BCUT2D eigenvalue weighted by atomic mass is 10.1. The Balaban J connectivity index is 1.60. The van der Waals surface area contributed by atoms with Crippen molar-refractivity contribution in [1.29, 1.82) is 0 Å². The van der Waals surface area contributed by atoms with Crippen LogP contribution in [-0.4, -0.2) is 0 Å². The summed E-state index contributed by atoms with van der Waals surface area (Å²) in [4.78, 5) is 4.57. The zero-order valence-electron chi connectivity index (χ0n) is 16.7. The van der Waals surface area contributed by atoms with Crippen molar-refractivity contribution in [1.82, 2.24) is 0 Å². The molecule has 0 N–H and O–H groups in total. The molecule has 1 aliphatic rings.